The summed E-state index contributed by atoms with van der Waals surface area (Å²) in [7, 11) is 0. The van der Waals surface area contributed by atoms with Crippen molar-refractivity contribution in [2.75, 3.05) is 9.80 Å². The largest absolute Gasteiger partial charge is 0.310 e. The first kappa shape index (κ1) is 38.8. The predicted molar refractivity (Wildman–Crippen MR) is 285 cm³/mol. The predicted octanol–water partition coefficient (Wildman–Crippen LogP) is 17.7. The van der Waals surface area contributed by atoms with Crippen molar-refractivity contribution >= 4 is 98.5 Å². The Balaban J connectivity index is 1.09. The number of anilines is 6. The zero-order chi connectivity index (χ0) is 44.3. The third kappa shape index (κ3) is 6.59. The first-order valence-electron chi connectivity index (χ1n) is 22.8. The van der Waals surface area contributed by atoms with E-state index in [-0.39, 0.29) is 0 Å². The molecule has 67 heavy (non-hydrogen) atoms. The van der Waals surface area contributed by atoms with Crippen molar-refractivity contribution < 1.29 is 0 Å². The van der Waals surface area contributed by atoms with Gasteiger partial charge in [0.2, 0.25) is 0 Å². The van der Waals surface area contributed by atoms with E-state index >= 15 is 0 Å². The van der Waals surface area contributed by atoms with Gasteiger partial charge >= 0.3 is 0 Å². The van der Waals surface area contributed by atoms with Crippen LogP contribution < -0.4 is 9.80 Å². The molecule has 13 rings (SSSR count). The molecule has 0 amide bonds. The van der Waals surface area contributed by atoms with Crippen molar-refractivity contribution in [2.24, 2.45) is 0 Å². The van der Waals surface area contributed by atoms with Crippen molar-refractivity contribution in [3.63, 3.8) is 0 Å². The van der Waals surface area contributed by atoms with E-state index in [2.05, 4.69) is 274 Å². The Morgan fingerprint density at radius 2 is 0.731 bits per heavy atom. The number of thiophene rings is 1. The van der Waals surface area contributed by atoms with Crippen molar-refractivity contribution in [3.8, 4) is 22.5 Å². The number of para-hydroxylation sites is 4. The van der Waals surface area contributed by atoms with E-state index < -0.39 is 0 Å². The molecular formula is C62H42N4S. The van der Waals surface area contributed by atoms with Gasteiger partial charge in [0.25, 0.3) is 0 Å². The van der Waals surface area contributed by atoms with Gasteiger partial charge < -0.3 is 9.80 Å². The number of benzene rings is 10. The van der Waals surface area contributed by atoms with Crippen LogP contribution in [0.25, 0.3) is 75.5 Å². The van der Waals surface area contributed by atoms with Gasteiger partial charge in [0.15, 0.2) is 0 Å². The van der Waals surface area contributed by atoms with Crippen LogP contribution in [0, 0.1) is 0 Å². The molecule has 0 radical (unpaired) electrons. The molecule has 0 saturated carbocycles. The minimum Gasteiger partial charge on any atom is -0.310 e. The van der Waals surface area contributed by atoms with Crippen molar-refractivity contribution in [3.05, 3.63) is 255 Å². The molecule has 0 aliphatic heterocycles. The summed E-state index contributed by atoms with van der Waals surface area (Å²) >= 11 is 1.85. The highest BCUT2D eigenvalue weighted by Gasteiger charge is 2.25. The van der Waals surface area contributed by atoms with Crippen molar-refractivity contribution in [2.45, 2.75) is 0 Å². The highest BCUT2D eigenvalue weighted by Crippen LogP contribution is 2.47. The lowest BCUT2D eigenvalue weighted by Gasteiger charge is -2.26. The summed E-state index contributed by atoms with van der Waals surface area (Å²) in [6, 6.07) is 92.4. The average molecular weight is 875 g/mol. The maximum Gasteiger partial charge on any atom is 0.131 e. The van der Waals surface area contributed by atoms with E-state index in [0.717, 1.165) is 62.2 Å². The summed E-state index contributed by atoms with van der Waals surface area (Å²) in [5.74, 6) is 0. The van der Waals surface area contributed by atoms with Crippen LogP contribution in [0.5, 0.6) is 0 Å². The van der Waals surface area contributed by atoms with Gasteiger partial charge in [-0.05, 0) is 126 Å². The standard InChI is InChI=1S/C62H42N4S/c1-6-18-43(19-7-1)44-30-32-49(33-31-44)64(51-36-39-60-55(40-51)53-28-16-17-29-59(53)67-60)52-34-37-54-58(42-52)66(48-26-14-5-15-27-48)62-61(54)56-41-50(35-38-57(56)65(62)47-24-12-4-13-25-47)63(45-20-8-2-9-21-45)46-22-10-3-11-23-46/h1-42H. The van der Waals surface area contributed by atoms with E-state index in [1.807, 2.05) is 11.3 Å². The van der Waals surface area contributed by atoms with Crippen molar-refractivity contribution in [1.29, 1.82) is 0 Å². The van der Waals surface area contributed by atoms with Crippen LogP contribution in [0.3, 0.4) is 0 Å². The van der Waals surface area contributed by atoms with Gasteiger partial charge in [-0.25, -0.2) is 0 Å². The van der Waals surface area contributed by atoms with Crippen LogP contribution in [-0.4, -0.2) is 9.13 Å². The van der Waals surface area contributed by atoms with Crippen LogP contribution in [0.2, 0.25) is 0 Å². The third-order valence-electron chi connectivity index (χ3n) is 13.1. The maximum absolute atomic E-state index is 2.47. The van der Waals surface area contributed by atoms with Crippen LogP contribution in [0.15, 0.2) is 255 Å². The lowest BCUT2D eigenvalue weighted by Crippen LogP contribution is -2.10. The van der Waals surface area contributed by atoms with Crippen LogP contribution in [0.4, 0.5) is 34.1 Å². The lowest BCUT2D eigenvalue weighted by atomic mass is 10.0. The number of rotatable bonds is 9. The second kappa shape index (κ2) is 16.1. The van der Waals surface area contributed by atoms with Crippen molar-refractivity contribution in [1.82, 2.24) is 9.13 Å². The van der Waals surface area contributed by atoms with Gasteiger partial charge in [0.05, 0.1) is 11.0 Å². The number of hydrogen-bond donors (Lipinski definition) is 0. The summed E-state index contributed by atoms with van der Waals surface area (Å²) in [5, 5.41) is 6.12. The second-order valence-corrected chi connectivity index (χ2v) is 18.1. The van der Waals surface area contributed by atoms with E-state index in [1.54, 1.807) is 0 Å². The smallest absolute Gasteiger partial charge is 0.131 e. The minimum absolute atomic E-state index is 1.08. The molecule has 0 bridgehead atoms. The molecule has 3 aromatic heterocycles. The lowest BCUT2D eigenvalue weighted by molar-refractivity contribution is 1.07. The Bertz CT molecular complexity index is 3860. The fraction of sp³-hybridized carbons (Fsp3) is 0. The summed E-state index contributed by atoms with van der Waals surface area (Å²) < 4.78 is 7.50. The monoisotopic (exact) mass is 874 g/mol. The number of aromatic nitrogens is 2. The van der Waals surface area contributed by atoms with Gasteiger partial charge in [0, 0.05) is 81.8 Å². The highest BCUT2D eigenvalue weighted by molar-refractivity contribution is 7.25. The Morgan fingerprint density at radius 1 is 0.284 bits per heavy atom. The molecule has 0 spiro atoms. The number of fused-ring (bicyclic) bond motifs is 8. The highest BCUT2D eigenvalue weighted by atomic mass is 32.1. The SMILES string of the molecule is c1ccc(-c2ccc(N(c3ccc4sc5ccccc5c4c3)c3ccc4c5c6cc(N(c7ccccc7)c7ccccc7)ccc6n(-c6ccccc6)c5n(-c5ccccc5)c4c3)cc2)cc1. The molecule has 0 aliphatic carbocycles. The Kier molecular flexibility index (Phi) is 9.32. The first-order valence-corrected chi connectivity index (χ1v) is 23.6. The molecule has 0 fully saturated rings. The average Bonchev–Trinajstić information content (AvgIpc) is 4.05. The van der Waals surface area contributed by atoms with Gasteiger partial charge in [-0.3, -0.25) is 9.13 Å². The minimum atomic E-state index is 1.08. The summed E-state index contributed by atoms with van der Waals surface area (Å²) in [4.78, 5) is 4.78. The molecular weight excluding hydrogens is 833 g/mol. The fourth-order valence-electron chi connectivity index (χ4n) is 10.1. The summed E-state index contributed by atoms with van der Waals surface area (Å²) in [6.07, 6.45) is 0. The van der Waals surface area contributed by atoms with Gasteiger partial charge in [-0.2, -0.15) is 0 Å². The quantitative estimate of drug-likeness (QED) is 0.144. The van der Waals surface area contributed by atoms with Crippen LogP contribution in [-0.2, 0) is 0 Å². The van der Waals surface area contributed by atoms with Crippen LogP contribution >= 0.6 is 11.3 Å². The van der Waals surface area contributed by atoms with Gasteiger partial charge in [-0.15, -0.1) is 11.3 Å². The third-order valence-corrected chi connectivity index (χ3v) is 14.2. The Morgan fingerprint density at radius 3 is 1.39 bits per heavy atom. The number of nitrogens with zero attached hydrogens (tertiary/aromatic N) is 4. The molecule has 0 N–H and O–H groups in total. The molecule has 316 valence electrons. The molecule has 5 heteroatoms. The normalized spacial score (nSPS) is 11.6. The Hall–Kier alpha value is -8.64. The van der Waals surface area contributed by atoms with E-state index in [1.165, 1.54) is 47.5 Å². The van der Waals surface area contributed by atoms with Crippen LogP contribution in [0.1, 0.15) is 0 Å². The first-order chi connectivity index (χ1) is 33.2. The van der Waals surface area contributed by atoms with Gasteiger partial charge in [-0.1, -0.05) is 140 Å². The van der Waals surface area contributed by atoms with Gasteiger partial charge in [0.1, 0.15) is 5.65 Å². The molecule has 0 aliphatic rings. The molecule has 10 aromatic carbocycles. The molecule has 0 atom stereocenters. The fourth-order valence-corrected chi connectivity index (χ4v) is 11.2. The Labute approximate surface area is 392 Å². The molecule has 3 heterocycles. The van der Waals surface area contributed by atoms with E-state index in [4.69, 9.17) is 0 Å². The molecule has 0 saturated heterocycles. The molecule has 13 aromatic rings. The zero-order valence-electron chi connectivity index (χ0n) is 36.4. The second-order valence-electron chi connectivity index (χ2n) is 17.0. The molecule has 0 unspecified atom stereocenters. The van der Waals surface area contributed by atoms with E-state index in [9.17, 15) is 0 Å². The summed E-state index contributed by atoms with van der Waals surface area (Å²) in [5.41, 5.74) is 14.6. The number of hydrogen-bond acceptors (Lipinski definition) is 3. The molecule has 4 nitrogen and oxygen atoms in total. The summed E-state index contributed by atoms with van der Waals surface area (Å²) in [6.45, 7) is 0. The topological polar surface area (TPSA) is 16.3 Å². The van der Waals surface area contributed by atoms with E-state index in [0.29, 0.717) is 0 Å². The zero-order valence-corrected chi connectivity index (χ0v) is 37.3. The maximum atomic E-state index is 2.47.